The van der Waals surface area contributed by atoms with Crippen LogP contribution in [0.4, 0.5) is 0 Å². The second-order valence-corrected chi connectivity index (χ2v) is 10.3. The van der Waals surface area contributed by atoms with Crippen molar-refractivity contribution in [3.05, 3.63) is 83.9 Å². The Morgan fingerprint density at radius 2 is 1.69 bits per heavy atom. The third kappa shape index (κ3) is 3.18. The Balaban J connectivity index is 1.80. The van der Waals surface area contributed by atoms with Crippen molar-refractivity contribution in [2.45, 2.75) is 18.3 Å². The molecule has 3 aromatic rings. The van der Waals surface area contributed by atoms with Crippen LogP contribution in [0.15, 0.2) is 72.8 Å². The summed E-state index contributed by atoms with van der Waals surface area (Å²) >= 11 is 0. The molecule has 0 spiro atoms. The summed E-state index contributed by atoms with van der Waals surface area (Å²) in [6.07, 6.45) is 1.68. The van der Waals surface area contributed by atoms with Gasteiger partial charge in [-0.3, -0.25) is 4.79 Å². The van der Waals surface area contributed by atoms with Gasteiger partial charge in [0.05, 0.1) is 5.41 Å². The van der Waals surface area contributed by atoms with Crippen LogP contribution in [-0.2, 0) is 16.6 Å². The van der Waals surface area contributed by atoms with Crippen LogP contribution < -0.4 is 0 Å². The van der Waals surface area contributed by atoms with E-state index in [1.807, 2.05) is 6.07 Å². The second kappa shape index (κ2) is 7.47. The molecule has 0 bridgehead atoms. The van der Waals surface area contributed by atoms with E-state index in [4.69, 9.17) is 0 Å². The van der Waals surface area contributed by atoms with E-state index in [0.29, 0.717) is 14.3 Å². The van der Waals surface area contributed by atoms with Crippen LogP contribution >= 0.6 is 16.7 Å². The number of hydrogen-bond acceptors (Lipinski definition) is 1. The fraction of sp³-hybridized carbons (Fsp3) is 0.227. The zero-order valence-electron chi connectivity index (χ0n) is 14.9. The topological polar surface area (TPSA) is 20.3 Å². The number of nitrogens with zero attached hydrogens (tertiary/aromatic N) is 1. The second-order valence-electron chi connectivity index (χ2n) is 6.88. The van der Waals surface area contributed by atoms with Crippen molar-refractivity contribution in [1.29, 1.82) is 0 Å². The first kappa shape index (κ1) is 17.7. The van der Waals surface area contributed by atoms with Crippen LogP contribution in [0.5, 0.6) is 0 Å². The highest BCUT2D eigenvalue weighted by molar-refractivity contribution is 8.10. The first-order chi connectivity index (χ1) is 12.7. The zero-order valence-corrected chi connectivity index (χ0v) is 16.9. The molecular weight excluding hydrogens is 356 g/mol. The Labute approximate surface area is 158 Å². The van der Waals surface area contributed by atoms with Crippen molar-refractivity contribution in [1.82, 2.24) is 4.67 Å². The Kier molecular flexibility index (Phi) is 5.07. The van der Waals surface area contributed by atoms with Crippen LogP contribution in [0.3, 0.4) is 0 Å². The highest BCUT2D eigenvalue weighted by atomic mass is 32.0. The molecule has 3 atom stereocenters. The third-order valence-electron chi connectivity index (χ3n) is 5.31. The molecule has 0 saturated carbocycles. The number of fused-ring (bicyclic) bond motifs is 1. The molecule has 1 aliphatic rings. The van der Waals surface area contributed by atoms with Crippen molar-refractivity contribution in [3.63, 3.8) is 0 Å². The highest BCUT2D eigenvalue weighted by Crippen LogP contribution is 2.48. The summed E-state index contributed by atoms with van der Waals surface area (Å²) in [5, 5.41) is 2.44. The van der Waals surface area contributed by atoms with Crippen molar-refractivity contribution >= 4 is 33.4 Å². The lowest BCUT2D eigenvalue weighted by molar-refractivity contribution is -0.128. The molecule has 1 fully saturated rings. The molecule has 26 heavy (non-hydrogen) atoms. The average molecular weight is 379 g/mol. The van der Waals surface area contributed by atoms with Crippen molar-refractivity contribution in [2.24, 2.45) is 0 Å². The largest absolute Gasteiger partial charge is 0.320 e. The number of hydrogen-bond donors (Lipinski definition) is 0. The van der Waals surface area contributed by atoms with Crippen molar-refractivity contribution in [3.8, 4) is 0 Å². The first-order valence-corrected chi connectivity index (χ1v) is 12.5. The molecule has 0 radical (unpaired) electrons. The molecule has 1 saturated heterocycles. The number of carbonyl (C=O) groups is 1. The molecule has 1 amide bonds. The quantitative estimate of drug-likeness (QED) is 0.546. The van der Waals surface area contributed by atoms with Gasteiger partial charge < -0.3 is 4.67 Å². The van der Waals surface area contributed by atoms with Crippen LogP contribution in [0.25, 0.3) is 10.8 Å². The van der Waals surface area contributed by atoms with Gasteiger partial charge in [0.25, 0.3) is 0 Å². The van der Waals surface area contributed by atoms with E-state index in [2.05, 4.69) is 78.1 Å². The molecule has 4 heteroatoms. The van der Waals surface area contributed by atoms with E-state index in [-0.39, 0.29) is 0 Å². The molecule has 132 valence electrons. The predicted octanol–water partition coefficient (Wildman–Crippen LogP) is 5.37. The van der Waals surface area contributed by atoms with Gasteiger partial charge in [-0.05, 0) is 41.4 Å². The van der Waals surface area contributed by atoms with Crippen LogP contribution in [0, 0.1) is 0 Å². The summed E-state index contributed by atoms with van der Waals surface area (Å²) in [7, 11) is 1.41. The van der Waals surface area contributed by atoms with Gasteiger partial charge in [0.2, 0.25) is 5.91 Å². The lowest BCUT2D eigenvalue weighted by Crippen LogP contribution is -2.37. The Morgan fingerprint density at radius 1 is 0.962 bits per heavy atom. The molecule has 2 unspecified atom stereocenters. The van der Waals surface area contributed by atoms with Gasteiger partial charge >= 0.3 is 0 Å². The van der Waals surface area contributed by atoms with E-state index in [0.717, 1.165) is 33.2 Å². The van der Waals surface area contributed by atoms with Crippen molar-refractivity contribution in [2.75, 3.05) is 13.2 Å². The number of rotatable bonds is 5. The molecule has 0 aromatic heterocycles. The Morgan fingerprint density at radius 3 is 2.46 bits per heavy atom. The highest BCUT2D eigenvalue weighted by Gasteiger charge is 2.47. The van der Waals surface area contributed by atoms with Crippen LogP contribution in [-0.4, -0.2) is 23.8 Å². The maximum Gasteiger partial charge on any atom is 0.236 e. The summed E-state index contributed by atoms with van der Waals surface area (Å²) in [4.78, 5) is 13.5. The normalized spacial score (nSPS) is 21.0. The molecule has 2 nitrogen and oxygen atoms in total. The maximum absolute atomic E-state index is 13.5. The minimum atomic E-state index is -0.433. The lowest BCUT2D eigenvalue weighted by atomic mass is 9.74. The summed E-state index contributed by atoms with van der Waals surface area (Å²) in [5.74, 6) is 0.310. The minimum absolute atomic E-state index is 0.310. The van der Waals surface area contributed by atoms with Gasteiger partial charge in [0, 0.05) is 15.0 Å². The molecule has 0 aliphatic carbocycles. The van der Waals surface area contributed by atoms with Crippen LogP contribution in [0.2, 0.25) is 0 Å². The third-order valence-corrected chi connectivity index (χ3v) is 7.72. The molecule has 4 rings (SSSR count). The van der Waals surface area contributed by atoms with Gasteiger partial charge in [-0.1, -0.05) is 81.1 Å². The number of carbonyl (C=O) groups excluding carboxylic acids is 1. The van der Waals surface area contributed by atoms with Crippen molar-refractivity contribution < 1.29 is 4.79 Å². The monoisotopic (exact) mass is 379 g/mol. The van der Waals surface area contributed by atoms with Gasteiger partial charge in [0.1, 0.15) is 0 Å². The lowest BCUT2D eigenvalue weighted by Gasteiger charge is -2.29. The summed E-state index contributed by atoms with van der Waals surface area (Å²) < 4.78 is 2.09. The molecule has 3 aromatic carbocycles. The van der Waals surface area contributed by atoms with E-state index in [1.54, 1.807) is 0 Å². The van der Waals surface area contributed by atoms with E-state index >= 15 is 0 Å². The van der Waals surface area contributed by atoms with Gasteiger partial charge in [0.15, 0.2) is 0 Å². The summed E-state index contributed by atoms with van der Waals surface area (Å²) in [5.41, 5.74) is 1.97. The molecule has 1 aliphatic heterocycles. The fourth-order valence-electron chi connectivity index (χ4n) is 3.98. The average Bonchev–Trinajstić information content (AvgIpc) is 2.99. The fourth-order valence-corrected chi connectivity index (χ4v) is 6.24. The summed E-state index contributed by atoms with van der Waals surface area (Å²) in [6, 6.07) is 25.4. The number of benzene rings is 3. The maximum atomic E-state index is 13.5. The predicted molar refractivity (Wildman–Crippen MR) is 115 cm³/mol. The zero-order chi connectivity index (χ0) is 18.0. The minimum Gasteiger partial charge on any atom is -0.320 e. The SMILES string of the molecule is CPPN1CC[C@@](Cc2ccccc2)(c2ccc3ccccc3c2)C1=O. The summed E-state index contributed by atoms with van der Waals surface area (Å²) in [6.45, 7) is 3.05. The van der Waals surface area contributed by atoms with E-state index in [9.17, 15) is 4.79 Å². The molecule has 0 N–H and O–H groups in total. The van der Waals surface area contributed by atoms with E-state index < -0.39 is 5.41 Å². The van der Waals surface area contributed by atoms with Gasteiger partial charge in [-0.2, -0.15) is 0 Å². The van der Waals surface area contributed by atoms with E-state index in [1.165, 1.54) is 16.3 Å². The molecular formula is C22H23NOP2. The van der Waals surface area contributed by atoms with Gasteiger partial charge in [-0.25, -0.2) is 0 Å². The molecule has 1 heterocycles. The van der Waals surface area contributed by atoms with Crippen LogP contribution in [0.1, 0.15) is 17.5 Å². The Hall–Kier alpha value is -1.75. The number of amides is 1. The standard InChI is InChI=1S/C22H23NOP2/c1-25-26-23-14-13-22(21(23)24,16-17-7-3-2-4-8-17)20-12-11-18-9-5-6-10-19(18)15-20/h2-12,15,25-26H,13-14,16H2,1H3/t22-/m1/s1. The smallest absolute Gasteiger partial charge is 0.236 e. The van der Waals surface area contributed by atoms with Gasteiger partial charge in [-0.15, -0.1) is 0 Å². The Bertz CT molecular complexity index is 928. The first-order valence-electron chi connectivity index (χ1n) is 9.00.